The van der Waals surface area contributed by atoms with E-state index in [0.29, 0.717) is 22.8 Å². The van der Waals surface area contributed by atoms with E-state index in [0.717, 1.165) is 25.3 Å². The molecular formula is C20H17ClN2O2S2. The molecule has 0 atom stereocenters. The van der Waals surface area contributed by atoms with Gasteiger partial charge in [-0.1, -0.05) is 29.8 Å². The van der Waals surface area contributed by atoms with Crippen LogP contribution in [0.4, 0.5) is 0 Å². The van der Waals surface area contributed by atoms with Gasteiger partial charge in [0.25, 0.3) is 10.0 Å². The topological polar surface area (TPSA) is 52.0 Å². The summed E-state index contributed by atoms with van der Waals surface area (Å²) in [4.78, 5) is 0.231. The van der Waals surface area contributed by atoms with Crippen molar-refractivity contribution >= 4 is 43.0 Å². The number of aryl methyl sites for hydroxylation is 1. The molecule has 0 bridgehead atoms. The zero-order chi connectivity index (χ0) is 19.2. The van der Waals surface area contributed by atoms with Gasteiger partial charge in [0, 0.05) is 21.7 Å². The van der Waals surface area contributed by atoms with Gasteiger partial charge in [-0.2, -0.15) is 17.6 Å². The Morgan fingerprint density at radius 1 is 1.11 bits per heavy atom. The highest BCUT2D eigenvalue weighted by molar-refractivity contribution is 7.89. The van der Waals surface area contributed by atoms with Crippen LogP contribution in [0.25, 0.3) is 10.1 Å². The number of aromatic nitrogens is 2. The minimum Gasteiger partial charge on any atom is -0.199 e. The summed E-state index contributed by atoms with van der Waals surface area (Å²) in [5, 5.41) is 8.24. The Bertz CT molecular complexity index is 1240. The fourth-order valence-electron chi connectivity index (χ4n) is 3.21. The van der Waals surface area contributed by atoms with Crippen molar-refractivity contribution in [3.05, 3.63) is 81.4 Å². The van der Waals surface area contributed by atoms with Crippen LogP contribution in [0.1, 0.15) is 22.5 Å². The van der Waals surface area contributed by atoms with Crippen molar-refractivity contribution in [2.45, 2.75) is 25.2 Å². The fraction of sp³-hybridized carbons (Fsp3) is 0.150. The van der Waals surface area contributed by atoms with Crippen LogP contribution >= 0.6 is 22.9 Å². The Morgan fingerprint density at radius 2 is 1.85 bits per heavy atom. The second-order valence-electron chi connectivity index (χ2n) is 6.39. The van der Waals surface area contributed by atoms with Gasteiger partial charge in [-0.3, -0.25) is 0 Å². The molecule has 0 fully saturated rings. The van der Waals surface area contributed by atoms with Gasteiger partial charge in [0.2, 0.25) is 0 Å². The molecule has 2 aromatic heterocycles. The van der Waals surface area contributed by atoms with Crippen molar-refractivity contribution in [2.75, 3.05) is 0 Å². The minimum absolute atomic E-state index is 0.231. The third-order valence-corrected chi connectivity index (χ3v) is 7.58. The van der Waals surface area contributed by atoms with E-state index < -0.39 is 10.0 Å². The van der Waals surface area contributed by atoms with Gasteiger partial charge in [-0.25, -0.2) is 0 Å². The first kappa shape index (κ1) is 18.2. The standard InChI is InChI=1S/C20H17ClN2O2S2/c1-13-18(10-15-12-26-20-9-8-16(21)11-19(15)20)14(2)23(22-13)27(24,25)17-6-4-3-5-7-17/h3-9,11-12H,10H2,1-2H3. The van der Waals surface area contributed by atoms with Crippen LogP contribution in [0.2, 0.25) is 5.02 Å². The zero-order valence-electron chi connectivity index (χ0n) is 14.8. The summed E-state index contributed by atoms with van der Waals surface area (Å²) in [7, 11) is -3.71. The molecule has 0 saturated heterocycles. The molecular weight excluding hydrogens is 400 g/mol. The Hall–Kier alpha value is -2.15. The first-order chi connectivity index (χ1) is 12.9. The van der Waals surface area contributed by atoms with Gasteiger partial charge in [-0.15, -0.1) is 11.3 Å². The molecule has 0 spiro atoms. The van der Waals surface area contributed by atoms with Gasteiger partial charge in [-0.05, 0) is 60.5 Å². The molecule has 0 aliphatic rings. The summed E-state index contributed by atoms with van der Waals surface area (Å²) >= 11 is 7.81. The van der Waals surface area contributed by atoms with E-state index >= 15 is 0 Å². The molecule has 0 radical (unpaired) electrons. The second kappa shape index (κ2) is 6.78. The van der Waals surface area contributed by atoms with Crippen molar-refractivity contribution in [1.29, 1.82) is 0 Å². The van der Waals surface area contributed by atoms with E-state index in [1.807, 2.05) is 25.1 Å². The summed E-state index contributed by atoms with van der Waals surface area (Å²) in [5.74, 6) is 0. The number of rotatable bonds is 4. The predicted octanol–water partition coefficient (Wildman–Crippen LogP) is 5.20. The molecule has 138 valence electrons. The number of hydrogen-bond donors (Lipinski definition) is 0. The molecule has 0 amide bonds. The third kappa shape index (κ3) is 3.18. The lowest BCUT2D eigenvalue weighted by atomic mass is 10.0. The molecule has 27 heavy (non-hydrogen) atoms. The highest BCUT2D eigenvalue weighted by Crippen LogP contribution is 2.31. The van der Waals surface area contributed by atoms with Crippen LogP contribution in [0.5, 0.6) is 0 Å². The Balaban J connectivity index is 1.78. The molecule has 0 unspecified atom stereocenters. The SMILES string of the molecule is Cc1nn(S(=O)(=O)c2ccccc2)c(C)c1Cc1csc2ccc(Cl)cc12. The Morgan fingerprint density at radius 3 is 2.59 bits per heavy atom. The molecule has 0 saturated carbocycles. The Kier molecular flexibility index (Phi) is 4.58. The third-order valence-electron chi connectivity index (χ3n) is 4.65. The predicted molar refractivity (Wildman–Crippen MR) is 110 cm³/mol. The number of halogens is 1. The summed E-state index contributed by atoms with van der Waals surface area (Å²) < 4.78 is 28.2. The van der Waals surface area contributed by atoms with Crippen molar-refractivity contribution in [1.82, 2.24) is 9.19 Å². The highest BCUT2D eigenvalue weighted by Gasteiger charge is 2.24. The lowest BCUT2D eigenvalue weighted by Gasteiger charge is -2.07. The summed E-state index contributed by atoms with van der Waals surface area (Å²) in [6.45, 7) is 3.65. The van der Waals surface area contributed by atoms with Crippen molar-refractivity contribution < 1.29 is 8.42 Å². The number of nitrogens with zero attached hydrogens (tertiary/aromatic N) is 2. The smallest absolute Gasteiger partial charge is 0.199 e. The van der Waals surface area contributed by atoms with Gasteiger partial charge in [0.05, 0.1) is 16.3 Å². The molecule has 2 aromatic carbocycles. The first-order valence-corrected chi connectivity index (χ1v) is 11.1. The number of benzene rings is 2. The van der Waals surface area contributed by atoms with Gasteiger partial charge in [0.15, 0.2) is 0 Å². The Labute approximate surface area is 167 Å². The maximum Gasteiger partial charge on any atom is 0.283 e. The van der Waals surface area contributed by atoms with Gasteiger partial charge >= 0.3 is 0 Å². The molecule has 7 heteroatoms. The summed E-state index contributed by atoms with van der Waals surface area (Å²) in [6, 6.07) is 14.2. The lowest BCUT2D eigenvalue weighted by molar-refractivity contribution is 0.577. The largest absolute Gasteiger partial charge is 0.283 e. The fourth-order valence-corrected chi connectivity index (χ4v) is 5.73. The summed E-state index contributed by atoms with van der Waals surface area (Å²) in [5.41, 5.74) is 3.40. The average Bonchev–Trinajstić information content (AvgIpc) is 3.18. The van der Waals surface area contributed by atoms with Gasteiger partial charge < -0.3 is 0 Å². The average molecular weight is 417 g/mol. The maximum atomic E-state index is 13.0. The number of hydrogen-bond acceptors (Lipinski definition) is 4. The quantitative estimate of drug-likeness (QED) is 0.459. The van der Waals surface area contributed by atoms with Crippen LogP contribution < -0.4 is 0 Å². The first-order valence-electron chi connectivity index (χ1n) is 8.39. The maximum absolute atomic E-state index is 13.0. The van der Waals surface area contributed by atoms with Crippen molar-refractivity contribution in [3.63, 3.8) is 0 Å². The van der Waals surface area contributed by atoms with E-state index in [1.165, 1.54) is 0 Å². The lowest BCUT2D eigenvalue weighted by Crippen LogP contribution is -2.16. The van der Waals surface area contributed by atoms with Crippen LogP contribution in [-0.4, -0.2) is 17.6 Å². The van der Waals surface area contributed by atoms with E-state index in [-0.39, 0.29) is 4.90 Å². The summed E-state index contributed by atoms with van der Waals surface area (Å²) in [6.07, 6.45) is 0.613. The van der Waals surface area contributed by atoms with E-state index in [1.54, 1.807) is 48.6 Å². The monoisotopic (exact) mass is 416 g/mol. The van der Waals surface area contributed by atoms with Crippen LogP contribution in [0, 0.1) is 13.8 Å². The van der Waals surface area contributed by atoms with E-state index in [9.17, 15) is 8.42 Å². The van der Waals surface area contributed by atoms with Gasteiger partial charge in [0.1, 0.15) is 0 Å². The molecule has 4 aromatic rings. The van der Waals surface area contributed by atoms with Crippen LogP contribution in [-0.2, 0) is 16.4 Å². The highest BCUT2D eigenvalue weighted by atomic mass is 35.5. The number of fused-ring (bicyclic) bond motifs is 1. The zero-order valence-corrected chi connectivity index (χ0v) is 17.2. The molecule has 0 aliphatic heterocycles. The molecule has 4 rings (SSSR count). The van der Waals surface area contributed by atoms with Crippen molar-refractivity contribution in [3.8, 4) is 0 Å². The normalized spacial score (nSPS) is 12.0. The molecule has 0 aliphatic carbocycles. The molecule has 0 N–H and O–H groups in total. The molecule has 2 heterocycles. The molecule has 4 nitrogen and oxygen atoms in total. The van der Waals surface area contributed by atoms with E-state index in [4.69, 9.17) is 11.6 Å². The minimum atomic E-state index is -3.71. The van der Waals surface area contributed by atoms with Crippen LogP contribution in [0.15, 0.2) is 58.8 Å². The van der Waals surface area contributed by atoms with Crippen molar-refractivity contribution in [2.24, 2.45) is 0 Å². The van der Waals surface area contributed by atoms with Crippen LogP contribution in [0.3, 0.4) is 0 Å². The number of thiophene rings is 1. The van der Waals surface area contributed by atoms with E-state index in [2.05, 4.69) is 10.5 Å². The second-order valence-corrected chi connectivity index (χ2v) is 9.50.